The van der Waals surface area contributed by atoms with Crippen molar-refractivity contribution in [2.75, 3.05) is 26.6 Å². The number of nitrogens with one attached hydrogen (secondary N) is 1. The van der Waals surface area contributed by atoms with Crippen molar-refractivity contribution in [1.29, 1.82) is 0 Å². The second-order valence-corrected chi connectivity index (χ2v) is 15.9. The standard InChI is InChI=1S/C47H50N6O10/c1-46(2,3)63-38(55)25-37(54)52-35(24-29-12-8-6-9-13-29)45(57)62-41-40(56)36(61-44(41)53-28-51-39-42(48)49-27-50-43(39)53)26-60-47(30-14-10-7-11-15-30,31-16-20-33(58-4)21-17-31)32-18-22-34(59-5)23-19-32/h6-23,27-28,35-36,40-41,44,56H,24-26H2,1-5H3,(H,52,54)(H2,48,49,50)/t35?,36-,40-,41+,44-/m0/s1. The minimum absolute atomic E-state index is 0.00168. The van der Waals surface area contributed by atoms with E-state index in [0.29, 0.717) is 17.1 Å². The van der Waals surface area contributed by atoms with Gasteiger partial charge in [-0.1, -0.05) is 84.9 Å². The molecule has 328 valence electrons. The first-order valence-electron chi connectivity index (χ1n) is 20.3. The number of nitrogen functional groups attached to an aromatic ring is 1. The van der Waals surface area contributed by atoms with Crippen LogP contribution in [-0.4, -0.2) is 93.3 Å². The first-order valence-corrected chi connectivity index (χ1v) is 20.3. The third-order valence-electron chi connectivity index (χ3n) is 10.5. The number of esters is 2. The largest absolute Gasteiger partial charge is 0.497 e. The number of imidazole rings is 1. The number of carbonyl (C=O) groups is 3. The van der Waals surface area contributed by atoms with Gasteiger partial charge < -0.3 is 44.6 Å². The Hall–Kier alpha value is -6.88. The first kappa shape index (κ1) is 44.2. The lowest BCUT2D eigenvalue weighted by molar-refractivity contribution is -0.163. The second-order valence-electron chi connectivity index (χ2n) is 15.9. The van der Waals surface area contributed by atoms with Gasteiger partial charge in [0.2, 0.25) is 5.91 Å². The number of amides is 1. The molecule has 6 aromatic rings. The Labute approximate surface area is 364 Å². The van der Waals surface area contributed by atoms with Crippen LogP contribution in [-0.2, 0) is 45.4 Å². The van der Waals surface area contributed by atoms with E-state index in [-0.39, 0.29) is 30.0 Å². The number of fused-ring (bicyclic) bond motifs is 1. The number of carbonyl (C=O) groups excluding carboxylic acids is 3. The normalized spacial score (nSPS) is 18.1. The SMILES string of the molecule is COc1ccc(C(OC[C@@H]2O[C@H](n3cnc4c(N)ncnc43)[C@H](OC(=O)C(Cc3ccccc3)NC(=O)CC(=O)OC(C)(C)C)[C@H]2O)(c2ccccc2)c2ccc(OC)cc2)cc1. The van der Waals surface area contributed by atoms with Crippen molar-refractivity contribution in [3.8, 4) is 11.5 Å². The van der Waals surface area contributed by atoms with Crippen molar-refractivity contribution in [3.05, 3.63) is 144 Å². The smallest absolute Gasteiger partial charge is 0.329 e. The fraction of sp³-hybridized carbons (Fsp3) is 0.319. The Bertz CT molecular complexity index is 2450. The molecule has 0 radical (unpaired) electrons. The lowest BCUT2D eigenvalue weighted by Crippen LogP contribution is -2.47. The van der Waals surface area contributed by atoms with Gasteiger partial charge >= 0.3 is 11.9 Å². The molecule has 1 saturated heterocycles. The van der Waals surface area contributed by atoms with Crippen molar-refractivity contribution in [2.24, 2.45) is 0 Å². The quantitative estimate of drug-likeness (QED) is 0.0661. The van der Waals surface area contributed by atoms with E-state index in [1.54, 1.807) is 59.3 Å². The number of aliphatic hydroxyl groups is 1. The summed E-state index contributed by atoms with van der Waals surface area (Å²) in [7, 11) is 3.17. The maximum absolute atomic E-state index is 14.4. The molecule has 4 N–H and O–H groups in total. The van der Waals surface area contributed by atoms with E-state index in [9.17, 15) is 19.5 Å². The van der Waals surface area contributed by atoms with Crippen LogP contribution in [0.15, 0.2) is 122 Å². The van der Waals surface area contributed by atoms with Gasteiger partial charge in [-0.15, -0.1) is 0 Å². The number of hydrogen-bond donors (Lipinski definition) is 3. The summed E-state index contributed by atoms with van der Waals surface area (Å²) in [5, 5.41) is 14.9. The van der Waals surface area contributed by atoms with E-state index in [2.05, 4.69) is 20.3 Å². The average molecular weight is 859 g/mol. The Kier molecular flexibility index (Phi) is 13.3. The second kappa shape index (κ2) is 19.0. The molecule has 0 bridgehead atoms. The molecule has 0 saturated carbocycles. The van der Waals surface area contributed by atoms with Crippen molar-refractivity contribution in [3.63, 3.8) is 0 Å². The molecule has 4 aromatic carbocycles. The fourth-order valence-electron chi connectivity index (χ4n) is 7.56. The molecule has 1 aliphatic heterocycles. The van der Waals surface area contributed by atoms with Crippen LogP contribution < -0.4 is 20.5 Å². The summed E-state index contributed by atoms with van der Waals surface area (Å²) in [4.78, 5) is 53.1. The van der Waals surface area contributed by atoms with Crippen molar-refractivity contribution in [1.82, 2.24) is 24.8 Å². The number of aliphatic hydroxyl groups excluding tert-OH is 1. The minimum atomic E-state index is -1.51. The van der Waals surface area contributed by atoms with Crippen LogP contribution in [0.5, 0.6) is 11.5 Å². The summed E-state index contributed by atoms with van der Waals surface area (Å²) in [6.45, 7) is 4.83. The van der Waals surface area contributed by atoms with E-state index >= 15 is 0 Å². The van der Waals surface area contributed by atoms with Crippen LogP contribution in [0.25, 0.3) is 11.2 Å². The van der Waals surface area contributed by atoms with E-state index < -0.39 is 66.1 Å². The zero-order chi connectivity index (χ0) is 44.7. The van der Waals surface area contributed by atoms with Crippen LogP contribution in [0.2, 0.25) is 0 Å². The monoisotopic (exact) mass is 858 g/mol. The molecule has 1 fully saturated rings. The van der Waals surface area contributed by atoms with Gasteiger partial charge in [0.25, 0.3) is 0 Å². The zero-order valence-corrected chi connectivity index (χ0v) is 35.5. The molecule has 5 atom stereocenters. The van der Waals surface area contributed by atoms with Crippen molar-refractivity contribution < 1.29 is 47.9 Å². The van der Waals surface area contributed by atoms with E-state index in [4.69, 9.17) is 34.2 Å². The summed E-state index contributed by atoms with van der Waals surface area (Å²) in [6, 6.07) is 32.2. The number of nitrogens with two attached hydrogens (primary N) is 1. The van der Waals surface area contributed by atoms with Gasteiger partial charge in [-0.25, -0.2) is 19.7 Å². The number of hydrogen-bond acceptors (Lipinski definition) is 14. The van der Waals surface area contributed by atoms with Gasteiger partial charge in [0.15, 0.2) is 23.8 Å². The first-order chi connectivity index (χ1) is 30.3. The summed E-state index contributed by atoms with van der Waals surface area (Å²) in [5.41, 5.74) is 7.51. The Balaban J connectivity index is 1.24. The van der Waals surface area contributed by atoms with E-state index in [1.807, 2.05) is 84.9 Å². The highest BCUT2D eigenvalue weighted by molar-refractivity contribution is 5.96. The maximum Gasteiger partial charge on any atom is 0.329 e. The zero-order valence-electron chi connectivity index (χ0n) is 35.5. The predicted molar refractivity (Wildman–Crippen MR) is 230 cm³/mol. The van der Waals surface area contributed by atoms with Gasteiger partial charge in [0.1, 0.15) is 59.2 Å². The average Bonchev–Trinajstić information content (AvgIpc) is 3.84. The molecule has 0 aliphatic carbocycles. The van der Waals surface area contributed by atoms with Crippen LogP contribution >= 0.6 is 0 Å². The Morgan fingerprint density at radius 1 is 0.825 bits per heavy atom. The minimum Gasteiger partial charge on any atom is -0.497 e. The third-order valence-corrected chi connectivity index (χ3v) is 10.5. The number of benzene rings is 4. The number of methoxy groups -OCH3 is 2. The number of ether oxygens (including phenoxy) is 6. The molecule has 2 aromatic heterocycles. The third kappa shape index (κ3) is 9.94. The molecule has 3 heterocycles. The fourth-order valence-corrected chi connectivity index (χ4v) is 7.56. The topological polar surface area (TPSA) is 208 Å². The predicted octanol–water partition coefficient (Wildman–Crippen LogP) is 5.06. The van der Waals surface area contributed by atoms with Gasteiger partial charge in [0.05, 0.1) is 27.2 Å². The van der Waals surface area contributed by atoms with Crippen molar-refractivity contribution >= 4 is 34.8 Å². The summed E-state index contributed by atoms with van der Waals surface area (Å²) in [6.07, 6.45) is -3.23. The number of rotatable bonds is 16. The number of nitrogens with zero attached hydrogens (tertiary/aromatic N) is 4. The lowest BCUT2D eigenvalue weighted by Gasteiger charge is -2.37. The number of anilines is 1. The van der Waals surface area contributed by atoms with Crippen LogP contribution in [0, 0.1) is 0 Å². The summed E-state index contributed by atoms with van der Waals surface area (Å²) in [5.74, 6) is -1.03. The molecule has 1 unspecified atom stereocenters. The highest BCUT2D eigenvalue weighted by Gasteiger charge is 2.50. The maximum atomic E-state index is 14.4. The Morgan fingerprint density at radius 3 is 2.00 bits per heavy atom. The molecule has 1 aliphatic rings. The van der Waals surface area contributed by atoms with Gasteiger partial charge in [-0.2, -0.15) is 0 Å². The molecule has 16 nitrogen and oxygen atoms in total. The molecule has 1 amide bonds. The number of aromatic nitrogens is 4. The summed E-state index contributed by atoms with van der Waals surface area (Å²) >= 11 is 0. The van der Waals surface area contributed by atoms with Gasteiger partial charge in [-0.05, 0) is 67.3 Å². The molecule has 7 rings (SSSR count). The van der Waals surface area contributed by atoms with Crippen LogP contribution in [0.4, 0.5) is 5.82 Å². The molecule has 63 heavy (non-hydrogen) atoms. The molecule has 0 spiro atoms. The van der Waals surface area contributed by atoms with Crippen LogP contribution in [0.1, 0.15) is 55.7 Å². The molecular weight excluding hydrogens is 809 g/mol. The summed E-state index contributed by atoms with van der Waals surface area (Å²) < 4.78 is 37.7. The Morgan fingerprint density at radius 2 is 1.41 bits per heavy atom. The highest BCUT2D eigenvalue weighted by Crippen LogP contribution is 2.43. The van der Waals surface area contributed by atoms with E-state index in [0.717, 1.165) is 16.7 Å². The molecule has 16 heteroatoms. The molecular formula is C47H50N6O10. The van der Waals surface area contributed by atoms with Crippen LogP contribution in [0.3, 0.4) is 0 Å². The van der Waals surface area contributed by atoms with Gasteiger partial charge in [-0.3, -0.25) is 14.2 Å². The lowest BCUT2D eigenvalue weighted by atomic mass is 9.80. The highest BCUT2D eigenvalue weighted by atomic mass is 16.6. The van der Waals surface area contributed by atoms with E-state index in [1.165, 1.54) is 17.2 Å². The van der Waals surface area contributed by atoms with Crippen molar-refractivity contribution in [2.45, 2.75) is 75.4 Å². The van der Waals surface area contributed by atoms with Gasteiger partial charge in [0, 0.05) is 6.42 Å².